The Morgan fingerprint density at radius 2 is 1.78 bits per heavy atom. The molecule has 0 saturated heterocycles. The summed E-state index contributed by atoms with van der Waals surface area (Å²) in [6.45, 7) is 0. The summed E-state index contributed by atoms with van der Waals surface area (Å²) in [6.07, 6.45) is 0. The molecule has 0 atom stereocenters. The molecule has 6 heteroatoms. The smallest absolute Gasteiger partial charge is 0.220 e. The molecular weight excluding hydrogens is 268 g/mol. The molecule has 0 unspecified atom stereocenters. The first-order valence-electron chi connectivity index (χ1n) is 5.17. The zero-order valence-corrected chi connectivity index (χ0v) is 11.0. The van der Waals surface area contributed by atoms with Gasteiger partial charge in [-0.2, -0.15) is 0 Å². The predicted octanol–water partition coefficient (Wildman–Crippen LogP) is 3.07. The van der Waals surface area contributed by atoms with Crippen molar-refractivity contribution in [2.75, 3.05) is 5.43 Å². The Morgan fingerprint density at radius 1 is 1.00 bits per heavy atom. The lowest BCUT2D eigenvalue weighted by atomic mass is 10.1. The van der Waals surface area contributed by atoms with Crippen LogP contribution in [0.2, 0.25) is 0 Å². The molecule has 4 nitrogen and oxygen atoms in total. The Bertz CT molecular complexity index is 662. The van der Waals surface area contributed by atoms with Crippen LogP contribution >= 0.6 is 23.7 Å². The van der Waals surface area contributed by atoms with Crippen LogP contribution in [-0.2, 0) is 0 Å². The molecule has 1 heterocycles. The number of rotatable bonds is 2. The quantitative estimate of drug-likeness (QED) is 0.559. The fourth-order valence-electron chi connectivity index (χ4n) is 1.80. The Labute approximate surface area is 114 Å². The number of halogens is 1. The molecule has 0 aliphatic carbocycles. The van der Waals surface area contributed by atoms with E-state index in [-0.39, 0.29) is 12.4 Å². The van der Waals surface area contributed by atoms with Crippen molar-refractivity contribution >= 4 is 39.6 Å². The average molecular weight is 279 g/mol. The van der Waals surface area contributed by atoms with Gasteiger partial charge < -0.3 is 0 Å². The van der Waals surface area contributed by atoms with Crippen LogP contribution in [0.5, 0.6) is 0 Å². The second kappa shape index (κ2) is 5.30. The van der Waals surface area contributed by atoms with Gasteiger partial charge in [-0.05, 0) is 10.8 Å². The molecule has 3 N–H and O–H groups in total. The number of benzene rings is 2. The van der Waals surface area contributed by atoms with E-state index in [0.29, 0.717) is 5.13 Å². The Hall–Kier alpha value is -1.69. The normalized spacial score (nSPS) is 10.1. The van der Waals surface area contributed by atoms with Gasteiger partial charge in [-0.3, -0.25) is 5.43 Å². The molecule has 0 fully saturated rings. The molecule has 0 saturated carbocycles. The Kier molecular flexibility index (Phi) is 3.76. The molecule has 0 bridgehead atoms. The monoisotopic (exact) mass is 278 g/mol. The molecule has 2 aromatic carbocycles. The third-order valence-corrected chi connectivity index (χ3v) is 3.46. The van der Waals surface area contributed by atoms with Crippen LogP contribution in [0.25, 0.3) is 21.3 Å². The highest BCUT2D eigenvalue weighted by atomic mass is 35.5. The van der Waals surface area contributed by atoms with Crippen molar-refractivity contribution in [3.8, 4) is 10.6 Å². The van der Waals surface area contributed by atoms with Gasteiger partial charge >= 0.3 is 0 Å². The first kappa shape index (κ1) is 12.8. The van der Waals surface area contributed by atoms with Crippen molar-refractivity contribution in [3.63, 3.8) is 0 Å². The molecule has 1 aromatic heterocycles. The van der Waals surface area contributed by atoms with E-state index in [1.807, 2.05) is 24.3 Å². The lowest BCUT2D eigenvalue weighted by Crippen LogP contribution is -2.05. The van der Waals surface area contributed by atoms with E-state index < -0.39 is 0 Å². The molecule has 0 radical (unpaired) electrons. The molecular formula is C12H11ClN4S. The van der Waals surface area contributed by atoms with Gasteiger partial charge in [-0.25, -0.2) is 5.84 Å². The fourth-order valence-corrected chi connectivity index (χ4v) is 2.50. The maximum Gasteiger partial charge on any atom is 0.220 e. The van der Waals surface area contributed by atoms with E-state index in [2.05, 4.69) is 33.8 Å². The van der Waals surface area contributed by atoms with Gasteiger partial charge in [0.2, 0.25) is 5.13 Å². The van der Waals surface area contributed by atoms with Crippen LogP contribution in [0.4, 0.5) is 5.13 Å². The maximum atomic E-state index is 5.31. The van der Waals surface area contributed by atoms with E-state index in [0.717, 1.165) is 10.6 Å². The topological polar surface area (TPSA) is 63.8 Å². The number of fused-ring (bicyclic) bond motifs is 1. The lowest BCUT2D eigenvalue weighted by Gasteiger charge is -2.02. The number of nitrogens with zero attached hydrogens (tertiary/aromatic N) is 2. The number of hydrogen-bond donors (Lipinski definition) is 2. The highest BCUT2D eigenvalue weighted by molar-refractivity contribution is 7.18. The van der Waals surface area contributed by atoms with Crippen LogP contribution in [0.1, 0.15) is 0 Å². The molecule has 0 amide bonds. The second-order valence-electron chi connectivity index (χ2n) is 3.58. The number of hydrazine groups is 1. The molecule has 3 aromatic rings. The van der Waals surface area contributed by atoms with Gasteiger partial charge in [-0.15, -0.1) is 22.6 Å². The van der Waals surface area contributed by atoms with Gasteiger partial charge in [0.05, 0.1) is 0 Å². The van der Waals surface area contributed by atoms with Crippen molar-refractivity contribution in [3.05, 3.63) is 42.5 Å². The molecule has 3 rings (SSSR count). The maximum absolute atomic E-state index is 5.31. The summed E-state index contributed by atoms with van der Waals surface area (Å²) in [5.74, 6) is 5.31. The summed E-state index contributed by atoms with van der Waals surface area (Å²) >= 11 is 1.44. The SMILES string of the molecule is Cl.NNc1nnc(-c2cccc3ccccc23)s1. The molecule has 18 heavy (non-hydrogen) atoms. The summed E-state index contributed by atoms with van der Waals surface area (Å²) in [5, 5.41) is 11.9. The third kappa shape index (κ3) is 2.15. The van der Waals surface area contributed by atoms with Gasteiger partial charge in [-0.1, -0.05) is 53.8 Å². The zero-order chi connectivity index (χ0) is 11.7. The fraction of sp³-hybridized carbons (Fsp3) is 0. The number of nitrogen functional groups attached to an aromatic ring is 1. The minimum absolute atomic E-state index is 0. The number of nitrogens with one attached hydrogen (secondary N) is 1. The minimum atomic E-state index is 0. The Morgan fingerprint density at radius 3 is 2.56 bits per heavy atom. The van der Waals surface area contributed by atoms with Crippen LogP contribution in [0.3, 0.4) is 0 Å². The van der Waals surface area contributed by atoms with Crippen molar-refractivity contribution in [2.24, 2.45) is 5.84 Å². The number of anilines is 1. The van der Waals surface area contributed by atoms with Gasteiger partial charge in [0.1, 0.15) is 5.01 Å². The van der Waals surface area contributed by atoms with E-state index >= 15 is 0 Å². The summed E-state index contributed by atoms with van der Waals surface area (Å²) in [4.78, 5) is 0. The highest BCUT2D eigenvalue weighted by Crippen LogP contribution is 2.31. The summed E-state index contributed by atoms with van der Waals surface area (Å²) in [6, 6.07) is 14.4. The molecule has 0 aliphatic heterocycles. The average Bonchev–Trinajstić information content (AvgIpc) is 2.87. The van der Waals surface area contributed by atoms with E-state index in [1.54, 1.807) is 0 Å². The first-order chi connectivity index (χ1) is 8.38. The van der Waals surface area contributed by atoms with E-state index in [1.165, 1.54) is 22.1 Å². The molecule has 92 valence electrons. The van der Waals surface area contributed by atoms with Gasteiger partial charge in [0.15, 0.2) is 0 Å². The van der Waals surface area contributed by atoms with Crippen molar-refractivity contribution < 1.29 is 0 Å². The summed E-state index contributed by atoms with van der Waals surface area (Å²) < 4.78 is 0. The number of hydrogen-bond acceptors (Lipinski definition) is 5. The van der Waals surface area contributed by atoms with E-state index in [4.69, 9.17) is 5.84 Å². The predicted molar refractivity (Wildman–Crippen MR) is 77.9 cm³/mol. The van der Waals surface area contributed by atoms with Crippen LogP contribution in [0.15, 0.2) is 42.5 Å². The van der Waals surface area contributed by atoms with E-state index in [9.17, 15) is 0 Å². The second-order valence-corrected chi connectivity index (χ2v) is 4.56. The Balaban J connectivity index is 0.00000120. The van der Waals surface area contributed by atoms with Gasteiger partial charge in [0, 0.05) is 5.56 Å². The standard InChI is InChI=1S/C12H10N4S.ClH/c13-14-12-16-15-11(17-12)10-7-3-5-8-4-1-2-6-9(8)10;/h1-7H,13H2,(H,14,16);1H. The minimum Gasteiger partial charge on any atom is -0.298 e. The van der Waals surface area contributed by atoms with Crippen LogP contribution in [0, 0.1) is 0 Å². The zero-order valence-electron chi connectivity index (χ0n) is 9.33. The summed E-state index contributed by atoms with van der Waals surface area (Å²) in [5.41, 5.74) is 3.60. The molecule has 0 spiro atoms. The number of aromatic nitrogens is 2. The molecule has 0 aliphatic rings. The lowest BCUT2D eigenvalue weighted by molar-refractivity contribution is 1.08. The number of nitrogens with two attached hydrogens (primary N) is 1. The van der Waals surface area contributed by atoms with Crippen LogP contribution < -0.4 is 11.3 Å². The van der Waals surface area contributed by atoms with Crippen molar-refractivity contribution in [1.29, 1.82) is 0 Å². The third-order valence-electron chi connectivity index (χ3n) is 2.57. The first-order valence-corrected chi connectivity index (χ1v) is 5.98. The van der Waals surface area contributed by atoms with Crippen LogP contribution in [-0.4, -0.2) is 10.2 Å². The largest absolute Gasteiger partial charge is 0.298 e. The highest BCUT2D eigenvalue weighted by Gasteiger charge is 2.08. The summed E-state index contributed by atoms with van der Waals surface area (Å²) in [7, 11) is 0. The van der Waals surface area contributed by atoms with Crippen molar-refractivity contribution in [1.82, 2.24) is 10.2 Å². The van der Waals surface area contributed by atoms with Crippen molar-refractivity contribution in [2.45, 2.75) is 0 Å². The van der Waals surface area contributed by atoms with Gasteiger partial charge in [0.25, 0.3) is 0 Å².